The maximum Gasteiger partial charge on any atom is 0.0843 e. The van der Waals surface area contributed by atoms with E-state index in [-0.39, 0.29) is 4.21 Å². The van der Waals surface area contributed by atoms with Crippen LogP contribution in [0, 0.1) is 6.92 Å². The van der Waals surface area contributed by atoms with Gasteiger partial charge in [-0.1, -0.05) is 29.8 Å². The van der Waals surface area contributed by atoms with Gasteiger partial charge in [0.2, 0.25) is 0 Å². The van der Waals surface area contributed by atoms with Crippen LogP contribution in [-0.2, 0) is 5.75 Å². The smallest absolute Gasteiger partial charge is 0.0843 e. The Labute approximate surface area is 89.7 Å². The standard InChI is InChI=1S/C11H15ClS/c1-9-4-6-10(7-5-9)8-13-11(2,3)12/h4-7H,8H2,1-3H3. The van der Waals surface area contributed by atoms with E-state index in [0.29, 0.717) is 0 Å². The van der Waals surface area contributed by atoms with E-state index in [2.05, 4.69) is 31.2 Å². The summed E-state index contributed by atoms with van der Waals surface area (Å²) in [6.45, 7) is 6.14. The van der Waals surface area contributed by atoms with Crippen molar-refractivity contribution in [3.63, 3.8) is 0 Å². The Morgan fingerprint density at radius 1 is 1.23 bits per heavy atom. The molecule has 0 unspecified atom stereocenters. The zero-order chi connectivity index (χ0) is 9.90. The first kappa shape index (κ1) is 10.9. The Bertz CT molecular complexity index is 258. The molecular weight excluding hydrogens is 200 g/mol. The fourth-order valence-electron chi connectivity index (χ4n) is 0.939. The fourth-order valence-corrected chi connectivity index (χ4v) is 1.81. The number of alkyl halides is 1. The zero-order valence-corrected chi connectivity index (χ0v) is 9.88. The lowest BCUT2D eigenvalue weighted by molar-refractivity contribution is 1.01. The SMILES string of the molecule is Cc1ccc(CSC(C)(C)Cl)cc1. The molecule has 1 rings (SSSR count). The third-order valence-corrected chi connectivity index (χ3v) is 3.19. The van der Waals surface area contributed by atoms with Crippen LogP contribution in [0.1, 0.15) is 25.0 Å². The molecule has 0 N–H and O–H groups in total. The number of hydrogen-bond donors (Lipinski definition) is 0. The van der Waals surface area contributed by atoms with Crippen LogP contribution in [0.3, 0.4) is 0 Å². The third kappa shape index (κ3) is 4.58. The summed E-state index contributed by atoms with van der Waals surface area (Å²) in [5.41, 5.74) is 2.64. The van der Waals surface area contributed by atoms with Gasteiger partial charge in [0.1, 0.15) is 0 Å². The van der Waals surface area contributed by atoms with E-state index in [9.17, 15) is 0 Å². The van der Waals surface area contributed by atoms with Gasteiger partial charge in [0, 0.05) is 5.75 Å². The highest BCUT2D eigenvalue weighted by atomic mass is 35.5. The van der Waals surface area contributed by atoms with Gasteiger partial charge in [-0.25, -0.2) is 0 Å². The van der Waals surface area contributed by atoms with Crippen molar-refractivity contribution in [3.05, 3.63) is 35.4 Å². The maximum atomic E-state index is 6.08. The lowest BCUT2D eigenvalue weighted by atomic mass is 10.2. The minimum atomic E-state index is -0.162. The van der Waals surface area contributed by atoms with Crippen molar-refractivity contribution in [2.24, 2.45) is 0 Å². The third-order valence-electron chi connectivity index (χ3n) is 1.70. The van der Waals surface area contributed by atoms with Crippen molar-refractivity contribution in [3.8, 4) is 0 Å². The van der Waals surface area contributed by atoms with Crippen LogP contribution in [0.25, 0.3) is 0 Å². The molecule has 0 radical (unpaired) electrons. The Balaban J connectivity index is 2.51. The highest BCUT2D eigenvalue weighted by Crippen LogP contribution is 2.31. The molecule has 0 aliphatic carbocycles. The topological polar surface area (TPSA) is 0 Å². The monoisotopic (exact) mass is 214 g/mol. The minimum Gasteiger partial charge on any atom is -0.135 e. The van der Waals surface area contributed by atoms with Gasteiger partial charge in [0.05, 0.1) is 4.21 Å². The predicted octanol–water partition coefficient (Wildman–Crippen LogP) is 4.20. The Morgan fingerprint density at radius 3 is 2.23 bits per heavy atom. The van der Waals surface area contributed by atoms with E-state index in [0.717, 1.165) is 5.75 Å². The number of hydrogen-bond acceptors (Lipinski definition) is 1. The van der Waals surface area contributed by atoms with E-state index in [1.807, 2.05) is 13.8 Å². The summed E-state index contributed by atoms with van der Waals surface area (Å²) in [6.07, 6.45) is 0. The highest BCUT2D eigenvalue weighted by Gasteiger charge is 2.12. The normalized spacial score (nSPS) is 11.7. The molecule has 1 aromatic rings. The first-order chi connectivity index (χ1) is 5.97. The van der Waals surface area contributed by atoms with Crippen LogP contribution in [0.15, 0.2) is 24.3 Å². The molecule has 0 saturated carbocycles. The molecule has 0 aromatic heterocycles. The van der Waals surface area contributed by atoms with E-state index in [4.69, 9.17) is 11.6 Å². The van der Waals surface area contributed by atoms with Gasteiger partial charge in [0.15, 0.2) is 0 Å². The molecule has 0 fully saturated rings. The number of thioether (sulfide) groups is 1. The van der Waals surface area contributed by atoms with Gasteiger partial charge in [0.25, 0.3) is 0 Å². The molecule has 0 aliphatic heterocycles. The van der Waals surface area contributed by atoms with Gasteiger partial charge in [-0.2, -0.15) is 0 Å². The van der Waals surface area contributed by atoms with Crippen LogP contribution in [-0.4, -0.2) is 4.21 Å². The summed E-state index contributed by atoms with van der Waals surface area (Å²) in [5, 5.41) is 0. The number of aryl methyl sites for hydroxylation is 1. The average Bonchev–Trinajstić information content (AvgIpc) is 2.02. The fraction of sp³-hybridized carbons (Fsp3) is 0.455. The van der Waals surface area contributed by atoms with Crippen LogP contribution in [0.5, 0.6) is 0 Å². The van der Waals surface area contributed by atoms with Gasteiger partial charge in [-0.15, -0.1) is 23.4 Å². The molecule has 0 bridgehead atoms. The maximum absolute atomic E-state index is 6.08. The van der Waals surface area contributed by atoms with Gasteiger partial charge in [-0.3, -0.25) is 0 Å². The lowest BCUT2D eigenvalue weighted by Crippen LogP contribution is -2.03. The van der Waals surface area contributed by atoms with Gasteiger partial charge in [-0.05, 0) is 26.3 Å². The van der Waals surface area contributed by atoms with Crippen molar-refractivity contribution >= 4 is 23.4 Å². The highest BCUT2D eigenvalue weighted by molar-refractivity contribution is 8.01. The quantitative estimate of drug-likeness (QED) is 0.680. The van der Waals surface area contributed by atoms with Crippen LogP contribution < -0.4 is 0 Å². The average molecular weight is 215 g/mol. The molecule has 0 heterocycles. The van der Waals surface area contributed by atoms with Crippen LogP contribution in [0.4, 0.5) is 0 Å². The Kier molecular flexibility index (Phi) is 3.69. The molecule has 0 spiro atoms. The Hall–Kier alpha value is -0.140. The summed E-state index contributed by atoms with van der Waals surface area (Å²) >= 11 is 7.84. The molecular formula is C11H15ClS. The molecule has 0 amide bonds. The number of rotatable bonds is 3. The van der Waals surface area contributed by atoms with E-state index in [1.54, 1.807) is 11.8 Å². The summed E-state index contributed by atoms with van der Waals surface area (Å²) in [6, 6.07) is 8.59. The second-order valence-electron chi connectivity index (χ2n) is 3.64. The van der Waals surface area contributed by atoms with Crippen molar-refractivity contribution < 1.29 is 0 Å². The molecule has 1 aromatic carbocycles. The van der Waals surface area contributed by atoms with Crippen molar-refractivity contribution in [1.29, 1.82) is 0 Å². The summed E-state index contributed by atoms with van der Waals surface area (Å²) < 4.78 is -0.162. The second-order valence-corrected chi connectivity index (χ2v) is 6.40. The zero-order valence-electron chi connectivity index (χ0n) is 8.30. The van der Waals surface area contributed by atoms with E-state index in [1.165, 1.54) is 11.1 Å². The number of halogens is 1. The molecule has 2 heteroatoms. The van der Waals surface area contributed by atoms with Crippen molar-refractivity contribution in [2.75, 3.05) is 0 Å². The molecule has 0 saturated heterocycles. The van der Waals surface area contributed by atoms with Crippen molar-refractivity contribution in [1.82, 2.24) is 0 Å². The van der Waals surface area contributed by atoms with Crippen molar-refractivity contribution in [2.45, 2.75) is 30.7 Å². The van der Waals surface area contributed by atoms with E-state index >= 15 is 0 Å². The second kappa shape index (κ2) is 4.39. The van der Waals surface area contributed by atoms with Crippen LogP contribution in [0.2, 0.25) is 0 Å². The first-order valence-electron chi connectivity index (χ1n) is 4.36. The molecule has 0 nitrogen and oxygen atoms in total. The number of benzene rings is 1. The summed E-state index contributed by atoms with van der Waals surface area (Å²) in [5.74, 6) is 0.983. The van der Waals surface area contributed by atoms with Crippen LogP contribution >= 0.6 is 23.4 Å². The molecule has 13 heavy (non-hydrogen) atoms. The minimum absolute atomic E-state index is 0.162. The largest absolute Gasteiger partial charge is 0.135 e. The lowest BCUT2D eigenvalue weighted by Gasteiger charge is -2.14. The predicted molar refractivity (Wildman–Crippen MR) is 62.4 cm³/mol. The van der Waals surface area contributed by atoms with E-state index < -0.39 is 0 Å². The van der Waals surface area contributed by atoms with Gasteiger partial charge < -0.3 is 0 Å². The summed E-state index contributed by atoms with van der Waals surface area (Å²) in [7, 11) is 0. The van der Waals surface area contributed by atoms with Gasteiger partial charge >= 0.3 is 0 Å². The first-order valence-corrected chi connectivity index (χ1v) is 5.72. The molecule has 72 valence electrons. The summed E-state index contributed by atoms with van der Waals surface area (Å²) in [4.78, 5) is 0. The Morgan fingerprint density at radius 2 is 1.77 bits per heavy atom. The molecule has 0 aliphatic rings. The molecule has 0 atom stereocenters.